The van der Waals surface area contributed by atoms with Gasteiger partial charge in [-0.3, -0.25) is 0 Å². The predicted molar refractivity (Wildman–Crippen MR) is 112 cm³/mol. The summed E-state index contributed by atoms with van der Waals surface area (Å²) in [6.45, 7) is 2.01. The molecule has 2 N–H and O–H groups in total. The number of urea groups is 1. The number of morpholine rings is 1. The Balaban J connectivity index is 1.44. The fraction of sp³-hybridized carbons (Fsp3) is 0.350. The van der Waals surface area contributed by atoms with Crippen LogP contribution in [0.3, 0.4) is 0 Å². The van der Waals surface area contributed by atoms with E-state index in [2.05, 4.69) is 10.6 Å². The molecule has 0 atom stereocenters. The van der Waals surface area contributed by atoms with Crippen molar-refractivity contribution in [2.45, 2.75) is 4.90 Å². The highest BCUT2D eigenvalue weighted by Gasteiger charge is 2.26. The van der Waals surface area contributed by atoms with Crippen LogP contribution in [0.4, 0.5) is 10.5 Å². The summed E-state index contributed by atoms with van der Waals surface area (Å²) in [4.78, 5) is 12.2. The minimum Gasteiger partial charge on any atom is -0.495 e. The average Bonchev–Trinajstić information content (AvgIpc) is 2.78. The van der Waals surface area contributed by atoms with E-state index in [0.29, 0.717) is 43.5 Å². The summed E-state index contributed by atoms with van der Waals surface area (Å²) in [5.41, 5.74) is 0.565. The van der Waals surface area contributed by atoms with Gasteiger partial charge in [0.05, 0.1) is 37.5 Å². The fourth-order valence-corrected chi connectivity index (χ4v) is 4.30. The lowest BCUT2D eigenvalue weighted by Gasteiger charge is -2.26. The van der Waals surface area contributed by atoms with Crippen molar-refractivity contribution in [1.29, 1.82) is 0 Å². The number of ether oxygens (including phenoxy) is 3. The van der Waals surface area contributed by atoms with Crippen LogP contribution < -0.4 is 20.1 Å². The molecule has 0 bridgehead atoms. The van der Waals surface area contributed by atoms with Gasteiger partial charge in [-0.1, -0.05) is 12.1 Å². The van der Waals surface area contributed by atoms with Crippen LogP contribution >= 0.6 is 0 Å². The molecule has 0 radical (unpaired) electrons. The number of methoxy groups -OCH3 is 1. The molecule has 1 aliphatic heterocycles. The second-order valence-corrected chi connectivity index (χ2v) is 8.36. The Morgan fingerprint density at radius 3 is 2.50 bits per heavy atom. The molecule has 3 rings (SSSR count). The number of nitrogens with zero attached hydrogens (tertiary/aromatic N) is 1. The minimum atomic E-state index is -3.53. The molecule has 162 valence electrons. The molecule has 0 aromatic heterocycles. The van der Waals surface area contributed by atoms with Gasteiger partial charge in [-0.25, -0.2) is 13.2 Å². The number of sulfonamides is 1. The average molecular weight is 436 g/mol. The van der Waals surface area contributed by atoms with Gasteiger partial charge in [-0.2, -0.15) is 4.31 Å². The first kappa shape index (κ1) is 21.9. The van der Waals surface area contributed by atoms with Gasteiger partial charge in [-0.15, -0.1) is 0 Å². The monoisotopic (exact) mass is 435 g/mol. The Kier molecular flexibility index (Phi) is 7.50. The topological polar surface area (TPSA) is 106 Å². The van der Waals surface area contributed by atoms with Crippen molar-refractivity contribution in [3.8, 4) is 11.5 Å². The first-order valence-electron chi connectivity index (χ1n) is 9.49. The number of para-hydroxylation sites is 2. The first-order chi connectivity index (χ1) is 14.5. The SMILES string of the molecule is COc1ccccc1NC(=O)NCCOc1ccc(S(=O)(=O)N2CCOCC2)cc1. The van der Waals surface area contributed by atoms with Crippen molar-refractivity contribution < 1.29 is 27.4 Å². The normalized spacial score (nSPS) is 14.7. The van der Waals surface area contributed by atoms with E-state index in [1.54, 1.807) is 30.3 Å². The molecule has 1 aliphatic rings. The summed E-state index contributed by atoms with van der Waals surface area (Å²) in [5.74, 6) is 1.08. The molecule has 0 spiro atoms. The highest BCUT2D eigenvalue weighted by molar-refractivity contribution is 7.89. The summed E-state index contributed by atoms with van der Waals surface area (Å²) in [7, 11) is -2.00. The quantitative estimate of drug-likeness (QED) is 0.614. The van der Waals surface area contributed by atoms with E-state index >= 15 is 0 Å². The molecule has 2 aromatic carbocycles. The summed E-state index contributed by atoms with van der Waals surface area (Å²) >= 11 is 0. The Morgan fingerprint density at radius 2 is 1.80 bits per heavy atom. The van der Waals surface area contributed by atoms with Crippen LogP contribution in [0.5, 0.6) is 11.5 Å². The predicted octanol–water partition coefficient (Wildman–Crippen LogP) is 1.92. The van der Waals surface area contributed by atoms with E-state index < -0.39 is 10.0 Å². The third-order valence-corrected chi connectivity index (χ3v) is 6.36. The lowest BCUT2D eigenvalue weighted by atomic mass is 10.3. The summed E-state index contributed by atoms with van der Waals surface area (Å²) < 4.78 is 42.6. The number of carbonyl (C=O) groups is 1. The van der Waals surface area contributed by atoms with Crippen molar-refractivity contribution >= 4 is 21.7 Å². The van der Waals surface area contributed by atoms with E-state index in [9.17, 15) is 13.2 Å². The fourth-order valence-electron chi connectivity index (χ4n) is 2.89. The standard InChI is InChI=1S/C20H25N3O6S/c1-27-19-5-3-2-4-18(19)22-20(24)21-10-13-29-16-6-8-17(9-7-16)30(25,26)23-11-14-28-15-12-23/h2-9H,10-15H2,1H3,(H2,21,22,24). The molecule has 9 nitrogen and oxygen atoms in total. The van der Waals surface area contributed by atoms with Crippen LogP contribution in [0.15, 0.2) is 53.4 Å². The van der Waals surface area contributed by atoms with Crippen molar-refractivity contribution in [3.05, 3.63) is 48.5 Å². The molecular formula is C20H25N3O6S. The van der Waals surface area contributed by atoms with Gasteiger partial charge >= 0.3 is 6.03 Å². The third-order valence-electron chi connectivity index (χ3n) is 4.44. The van der Waals surface area contributed by atoms with E-state index in [1.807, 2.05) is 6.07 Å². The number of rotatable bonds is 8. The molecular weight excluding hydrogens is 410 g/mol. The van der Waals surface area contributed by atoms with Gasteiger partial charge in [-0.05, 0) is 36.4 Å². The Hall–Kier alpha value is -2.82. The second kappa shape index (κ2) is 10.3. The maximum absolute atomic E-state index is 12.6. The zero-order valence-electron chi connectivity index (χ0n) is 16.7. The van der Waals surface area contributed by atoms with Gasteiger partial charge in [0.25, 0.3) is 0 Å². The Labute approximate surface area is 176 Å². The van der Waals surface area contributed by atoms with E-state index in [0.717, 1.165) is 0 Å². The van der Waals surface area contributed by atoms with Gasteiger partial charge in [0.2, 0.25) is 10.0 Å². The minimum absolute atomic E-state index is 0.214. The van der Waals surface area contributed by atoms with Crippen LogP contribution in [-0.2, 0) is 14.8 Å². The first-order valence-corrected chi connectivity index (χ1v) is 10.9. The van der Waals surface area contributed by atoms with Gasteiger partial charge in [0.1, 0.15) is 18.1 Å². The number of anilines is 1. The molecule has 0 unspecified atom stereocenters. The van der Waals surface area contributed by atoms with Crippen LogP contribution in [0.2, 0.25) is 0 Å². The highest BCUT2D eigenvalue weighted by Crippen LogP contribution is 2.23. The van der Waals surface area contributed by atoms with Gasteiger partial charge < -0.3 is 24.8 Å². The summed E-state index contributed by atoms with van der Waals surface area (Å²) in [6, 6.07) is 12.9. The molecule has 2 amide bonds. The number of nitrogens with one attached hydrogen (secondary N) is 2. The van der Waals surface area contributed by atoms with Gasteiger partial charge in [0, 0.05) is 13.1 Å². The van der Waals surface area contributed by atoms with Crippen molar-refractivity contribution in [2.75, 3.05) is 51.9 Å². The number of hydrogen-bond donors (Lipinski definition) is 2. The zero-order valence-corrected chi connectivity index (χ0v) is 17.5. The molecule has 10 heteroatoms. The number of carbonyl (C=O) groups excluding carboxylic acids is 1. The van der Waals surface area contributed by atoms with Crippen LogP contribution in [0, 0.1) is 0 Å². The summed E-state index contributed by atoms with van der Waals surface area (Å²) in [6.07, 6.45) is 0. The number of hydrogen-bond acceptors (Lipinski definition) is 6. The molecule has 0 aliphatic carbocycles. The molecule has 1 heterocycles. The third kappa shape index (κ3) is 5.62. The second-order valence-electron chi connectivity index (χ2n) is 6.42. The highest BCUT2D eigenvalue weighted by atomic mass is 32.2. The Bertz CT molecular complexity index is 943. The molecule has 30 heavy (non-hydrogen) atoms. The van der Waals surface area contributed by atoms with Crippen molar-refractivity contribution in [1.82, 2.24) is 9.62 Å². The van der Waals surface area contributed by atoms with Crippen LogP contribution in [-0.4, -0.2) is 65.3 Å². The maximum atomic E-state index is 12.6. The lowest BCUT2D eigenvalue weighted by molar-refractivity contribution is 0.0730. The molecule has 1 fully saturated rings. The molecule has 0 saturated carbocycles. The largest absolute Gasteiger partial charge is 0.495 e. The molecule has 2 aromatic rings. The van der Waals surface area contributed by atoms with Crippen molar-refractivity contribution in [3.63, 3.8) is 0 Å². The lowest BCUT2D eigenvalue weighted by Crippen LogP contribution is -2.40. The van der Waals surface area contributed by atoms with Crippen LogP contribution in [0.25, 0.3) is 0 Å². The molecule has 1 saturated heterocycles. The van der Waals surface area contributed by atoms with E-state index in [1.165, 1.54) is 23.5 Å². The van der Waals surface area contributed by atoms with Gasteiger partial charge in [0.15, 0.2) is 0 Å². The smallest absolute Gasteiger partial charge is 0.319 e. The summed E-state index contributed by atoms with van der Waals surface area (Å²) in [5, 5.41) is 5.39. The maximum Gasteiger partial charge on any atom is 0.319 e. The van der Waals surface area contributed by atoms with E-state index in [4.69, 9.17) is 14.2 Å². The van der Waals surface area contributed by atoms with Crippen molar-refractivity contribution in [2.24, 2.45) is 0 Å². The van der Waals surface area contributed by atoms with Crippen LogP contribution in [0.1, 0.15) is 0 Å². The Morgan fingerprint density at radius 1 is 1.10 bits per heavy atom. The zero-order chi connectivity index (χ0) is 21.4. The number of benzene rings is 2. The van der Waals surface area contributed by atoms with E-state index in [-0.39, 0.29) is 24.1 Å². The number of amides is 2.